The maximum absolute atomic E-state index is 12.3. The third kappa shape index (κ3) is 3.09. The molecule has 0 atom stereocenters. The molecule has 0 aliphatic heterocycles. The van der Waals surface area contributed by atoms with Crippen molar-refractivity contribution in [3.05, 3.63) is 69.7 Å². The number of amides is 1. The molecule has 2 rings (SSSR count). The van der Waals surface area contributed by atoms with Gasteiger partial charge in [0, 0.05) is 11.1 Å². The number of rotatable bonds is 4. The molecule has 1 amide bonds. The minimum absolute atomic E-state index is 0.0145. The van der Waals surface area contributed by atoms with Crippen molar-refractivity contribution in [2.24, 2.45) is 5.73 Å². The molecular weight excluding hydrogens is 294 g/mol. The Bertz CT molecular complexity index is 755. The van der Waals surface area contributed by atoms with Crippen molar-refractivity contribution >= 4 is 29.3 Å². The molecule has 106 valence electrons. The summed E-state index contributed by atoms with van der Waals surface area (Å²) in [6.07, 6.45) is 0. The molecule has 0 saturated carbocycles. The summed E-state index contributed by atoms with van der Waals surface area (Å²) in [5.74, 6) is -2.20. The van der Waals surface area contributed by atoms with Crippen molar-refractivity contribution < 1.29 is 19.5 Å². The van der Waals surface area contributed by atoms with Gasteiger partial charge in [0.25, 0.3) is 0 Å². The zero-order valence-corrected chi connectivity index (χ0v) is 11.4. The van der Waals surface area contributed by atoms with Crippen molar-refractivity contribution in [1.29, 1.82) is 0 Å². The molecule has 0 aromatic heterocycles. The van der Waals surface area contributed by atoms with Gasteiger partial charge in [0.15, 0.2) is 5.78 Å². The molecule has 2 aromatic rings. The van der Waals surface area contributed by atoms with E-state index in [1.54, 1.807) is 0 Å². The van der Waals surface area contributed by atoms with Crippen LogP contribution in [0, 0.1) is 0 Å². The van der Waals surface area contributed by atoms with Crippen LogP contribution in [-0.4, -0.2) is 22.8 Å². The molecule has 0 unspecified atom stereocenters. The van der Waals surface area contributed by atoms with E-state index in [0.717, 1.165) is 0 Å². The third-order valence-corrected chi connectivity index (χ3v) is 3.18. The highest BCUT2D eigenvalue weighted by atomic mass is 35.5. The number of hydrogen-bond acceptors (Lipinski definition) is 3. The Labute approximate surface area is 125 Å². The van der Waals surface area contributed by atoms with Gasteiger partial charge in [-0.15, -0.1) is 0 Å². The van der Waals surface area contributed by atoms with E-state index in [0.29, 0.717) is 0 Å². The lowest BCUT2D eigenvalue weighted by molar-refractivity contribution is 0.0696. The lowest BCUT2D eigenvalue weighted by atomic mass is 10.00. The topological polar surface area (TPSA) is 97.5 Å². The van der Waals surface area contributed by atoms with Crippen LogP contribution in [0.15, 0.2) is 42.5 Å². The maximum atomic E-state index is 12.3. The molecule has 0 aliphatic carbocycles. The van der Waals surface area contributed by atoms with Gasteiger partial charge in [-0.1, -0.05) is 29.8 Å². The highest BCUT2D eigenvalue weighted by Crippen LogP contribution is 2.20. The predicted octanol–water partition coefficient (Wildman–Crippen LogP) is 2.37. The summed E-state index contributed by atoms with van der Waals surface area (Å²) in [5, 5.41) is 8.99. The fraction of sp³-hybridized carbons (Fsp3) is 0. The third-order valence-electron chi connectivity index (χ3n) is 2.87. The molecule has 21 heavy (non-hydrogen) atoms. The predicted molar refractivity (Wildman–Crippen MR) is 76.8 cm³/mol. The van der Waals surface area contributed by atoms with Crippen molar-refractivity contribution in [2.75, 3.05) is 0 Å². The van der Waals surface area contributed by atoms with Crippen LogP contribution in [0.2, 0.25) is 5.02 Å². The van der Waals surface area contributed by atoms with E-state index in [1.165, 1.54) is 42.5 Å². The minimum atomic E-state index is -1.12. The lowest BCUT2D eigenvalue weighted by Crippen LogP contribution is -2.12. The van der Waals surface area contributed by atoms with Gasteiger partial charge >= 0.3 is 5.97 Å². The highest BCUT2D eigenvalue weighted by Gasteiger charge is 2.14. The second kappa shape index (κ2) is 5.76. The van der Waals surface area contributed by atoms with Gasteiger partial charge in [0.2, 0.25) is 5.91 Å². The number of nitrogens with two attached hydrogens (primary N) is 1. The Hall–Kier alpha value is -2.66. The molecule has 0 bridgehead atoms. The first-order chi connectivity index (χ1) is 9.90. The Balaban J connectivity index is 2.40. The number of primary amides is 1. The van der Waals surface area contributed by atoms with Gasteiger partial charge in [-0.2, -0.15) is 0 Å². The molecular formula is C15H10ClNO4. The number of aromatic carboxylic acids is 1. The number of carbonyl (C=O) groups is 3. The standard InChI is InChI=1S/C15H10ClNO4/c16-12-7-9(4-5-11(12)14(17)19)13(18)8-2-1-3-10(6-8)15(20)21/h1-7H,(H2,17,19)(H,20,21). The molecule has 0 spiro atoms. The molecule has 3 N–H and O–H groups in total. The monoisotopic (exact) mass is 303 g/mol. The second-order valence-corrected chi connectivity index (χ2v) is 4.68. The van der Waals surface area contributed by atoms with E-state index in [4.69, 9.17) is 22.4 Å². The van der Waals surface area contributed by atoms with Gasteiger partial charge in [-0.05, 0) is 24.3 Å². The normalized spacial score (nSPS) is 10.1. The fourth-order valence-corrected chi connectivity index (χ4v) is 2.09. The Morgan fingerprint density at radius 3 is 2.14 bits per heavy atom. The highest BCUT2D eigenvalue weighted by molar-refractivity contribution is 6.34. The smallest absolute Gasteiger partial charge is 0.335 e. The maximum Gasteiger partial charge on any atom is 0.335 e. The van der Waals surface area contributed by atoms with Gasteiger partial charge < -0.3 is 10.8 Å². The minimum Gasteiger partial charge on any atom is -0.478 e. The second-order valence-electron chi connectivity index (χ2n) is 4.27. The van der Waals surface area contributed by atoms with Crippen molar-refractivity contribution in [3.63, 3.8) is 0 Å². The van der Waals surface area contributed by atoms with Crippen molar-refractivity contribution in [1.82, 2.24) is 0 Å². The van der Waals surface area contributed by atoms with Crippen molar-refractivity contribution in [3.8, 4) is 0 Å². The van der Waals surface area contributed by atoms with E-state index in [2.05, 4.69) is 0 Å². The zero-order valence-electron chi connectivity index (χ0n) is 10.7. The van der Waals surface area contributed by atoms with Crippen LogP contribution in [0.3, 0.4) is 0 Å². The summed E-state index contributed by atoms with van der Waals surface area (Å²) in [5.41, 5.74) is 5.73. The van der Waals surface area contributed by atoms with Gasteiger partial charge in [0.05, 0.1) is 16.1 Å². The molecule has 5 nitrogen and oxygen atoms in total. The summed E-state index contributed by atoms with van der Waals surface area (Å²) in [7, 11) is 0. The Morgan fingerprint density at radius 1 is 0.952 bits per heavy atom. The Morgan fingerprint density at radius 2 is 1.57 bits per heavy atom. The van der Waals surface area contributed by atoms with Crippen LogP contribution in [-0.2, 0) is 0 Å². The lowest BCUT2D eigenvalue weighted by Gasteiger charge is -2.05. The van der Waals surface area contributed by atoms with Crippen LogP contribution in [0.4, 0.5) is 0 Å². The van der Waals surface area contributed by atoms with E-state index in [-0.39, 0.29) is 27.3 Å². The summed E-state index contributed by atoms with van der Waals surface area (Å²) in [4.78, 5) is 34.3. The van der Waals surface area contributed by atoms with Gasteiger partial charge in [0.1, 0.15) is 0 Å². The summed E-state index contributed by atoms with van der Waals surface area (Å²) in [6, 6.07) is 9.77. The number of benzene rings is 2. The molecule has 0 fully saturated rings. The number of hydrogen-bond donors (Lipinski definition) is 2. The molecule has 0 aliphatic rings. The average molecular weight is 304 g/mol. The quantitative estimate of drug-likeness (QED) is 0.847. The number of ketones is 1. The van der Waals surface area contributed by atoms with E-state index in [9.17, 15) is 14.4 Å². The summed E-state index contributed by atoms with van der Waals surface area (Å²) >= 11 is 5.89. The number of carboxylic acid groups (broad SMARTS) is 1. The van der Waals surface area contributed by atoms with Crippen LogP contribution in [0.5, 0.6) is 0 Å². The molecule has 0 heterocycles. The number of carboxylic acids is 1. The van der Waals surface area contributed by atoms with Gasteiger partial charge in [-0.25, -0.2) is 4.79 Å². The number of carbonyl (C=O) groups excluding carboxylic acids is 2. The average Bonchev–Trinajstić information content (AvgIpc) is 2.46. The van der Waals surface area contributed by atoms with E-state index in [1.807, 2.05) is 0 Å². The molecule has 2 aromatic carbocycles. The first-order valence-corrected chi connectivity index (χ1v) is 6.25. The largest absolute Gasteiger partial charge is 0.478 e. The summed E-state index contributed by atoms with van der Waals surface area (Å²) < 4.78 is 0. The summed E-state index contributed by atoms with van der Waals surface area (Å²) in [6.45, 7) is 0. The first kappa shape index (κ1) is 14.7. The zero-order chi connectivity index (χ0) is 15.6. The SMILES string of the molecule is NC(=O)c1ccc(C(=O)c2cccc(C(=O)O)c2)cc1Cl. The molecule has 0 radical (unpaired) electrons. The van der Waals surface area contributed by atoms with Crippen LogP contribution in [0.25, 0.3) is 0 Å². The van der Waals surface area contributed by atoms with Crippen LogP contribution < -0.4 is 5.73 Å². The van der Waals surface area contributed by atoms with Crippen molar-refractivity contribution in [2.45, 2.75) is 0 Å². The molecule has 0 saturated heterocycles. The van der Waals surface area contributed by atoms with E-state index < -0.39 is 17.7 Å². The van der Waals surface area contributed by atoms with Crippen LogP contribution in [0.1, 0.15) is 36.6 Å². The van der Waals surface area contributed by atoms with Crippen LogP contribution >= 0.6 is 11.6 Å². The number of halogens is 1. The first-order valence-electron chi connectivity index (χ1n) is 5.87. The molecule has 6 heteroatoms. The van der Waals surface area contributed by atoms with E-state index >= 15 is 0 Å². The Kier molecular flexibility index (Phi) is 4.05. The fourth-order valence-electron chi connectivity index (χ4n) is 1.82. The van der Waals surface area contributed by atoms with Gasteiger partial charge in [-0.3, -0.25) is 9.59 Å².